The van der Waals surface area contributed by atoms with Crippen LogP contribution in [0.15, 0.2) is 42.5 Å². The highest BCUT2D eigenvalue weighted by atomic mass is 16.5. The van der Waals surface area contributed by atoms with Crippen LogP contribution in [-0.4, -0.2) is 35.5 Å². The zero-order valence-corrected chi connectivity index (χ0v) is 17.0. The van der Waals surface area contributed by atoms with Gasteiger partial charge in [0.25, 0.3) is 5.91 Å². The average molecular weight is 398 g/mol. The first kappa shape index (κ1) is 21.9. The van der Waals surface area contributed by atoms with Crippen LogP contribution in [0.4, 0.5) is 5.69 Å². The van der Waals surface area contributed by atoms with Gasteiger partial charge in [0.15, 0.2) is 0 Å². The molecular weight excluding hydrogens is 372 g/mol. The molecule has 1 unspecified atom stereocenters. The number of rotatable bonds is 8. The predicted molar refractivity (Wildman–Crippen MR) is 110 cm³/mol. The Kier molecular flexibility index (Phi) is 7.36. The molecule has 3 N–H and O–H groups in total. The Hall–Kier alpha value is -3.35. The number of carbonyl (C=O) groups excluding carboxylic acids is 2. The molecule has 0 aromatic heterocycles. The van der Waals surface area contributed by atoms with Crippen molar-refractivity contribution in [2.24, 2.45) is 5.92 Å². The van der Waals surface area contributed by atoms with Gasteiger partial charge in [-0.15, -0.1) is 0 Å². The Balaban J connectivity index is 2.14. The molecule has 0 radical (unpaired) electrons. The van der Waals surface area contributed by atoms with Crippen molar-refractivity contribution in [1.82, 2.24) is 5.32 Å². The minimum atomic E-state index is -1.08. The third-order valence-electron chi connectivity index (χ3n) is 4.41. The van der Waals surface area contributed by atoms with Crippen LogP contribution in [0.1, 0.15) is 47.1 Å². The number of carboxylic acid groups (broad SMARTS) is 1. The second kappa shape index (κ2) is 9.73. The molecule has 0 aliphatic carbocycles. The maximum absolute atomic E-state index is 12.8. The molecule has 7 nitrogen and oxygen atoms in total. The summed E-state index contributed by atoms with van der Waals surface area (Å²) in [6.45, 7) is 7.82. The summed E-state index contributed by atoms with van der Waals surface area (Å²) in [6.07, 6.45) is 0. The van der Waals surface area contributed by atoms with Crippen molar-refractivity contribution in [3.8, 4) is 5.75 Å². The maximum Gasteiger partial charge on any atom is 0.335 e. The van der Waals surface area contributed by atoms with E-state index in [9.17, 15) is 14.4 Å². The van der Waals surface area contributed by atoms with Gasteiger partial charge in [-0.2, -0.15) is 0 Å². The number of benzene rings is 2. The first-order valence-corrected chi connectivity index (χ1v) is 9.41. The van der Waals surface area contributed by atoms with Gasteiger partial charge in [0.1, 0.15) is 11.8 Å². The lowest BCUT2D eigenvalue weighted by molar-refractivity contribution is -0.118. The highest BCUT2D eigenvalue weighted by Crippen LogP contribution is 2.19. The van der Waals surface area contributed by atoms with Crippen LogP contribution in [0.2, 0.25) is 0 Å². The first-order valence-electron chi connectivity index (χ1n) is 9.41. The Bertz CT molecular complexity index is 891. The first-order chi connectivity index (χ1) is 13.7. The topological polar surface area (TPSA) is 105 Å². The van der Waals surface area contributed by atoms with E-state index < -0.39 is 17.9 Å². The van der Waals surface area contributed by atoms with Crippen LogP contribution in [0.25, 0.3) is 0 Å². The van der Waals surface area contributed by atoms with Gasteiger partial charge in [-0.25, -0.2) is 4.79 Å². The second-order valence-electron chi connectivity index (χ2n) is 6.98. The van der Waals surface area contributed by atoms with Gasteiger partial charge >= 0.3 is 5.97 Å². The summed E-state index contributed by atoms with van der Waals surface area (Å²) < 4.78 is 5.36. The van der Waals surface area contributed by atoms with Gasteiger partial charge in [0, 0.05) is 11.3 Å². The number of carboxylic acids is 1. The zero-order valence-electron chi connectivity index (χ0n) is 17.0. The molecule has 0 saturated heterocycles. The normalized spacial score (nSPS) is 11.6. The smallest absolute Gasteiger partial charge is 0.335 e. The third-order valence-corrected chi connectivity index (χ3v) is 4.41. The number of hydrogen-bond acceptors (Lipinski definition) is 4. The minimum absolute atomic E-state index is 0.0745. The quantitative estimate of drug-likeness (QED) is 0.631. The van der Waals surface area contributed by atoms with E-state index in [0.717, 1.165) is 5.56 Å². The van der Waals surface area contributed by atoms with E-state index in [1.165, 1.54) is 12.1 Å². The van der Waals surface area contributed by atoms with Crippen LogP contribution in [0.5, 0.6) is 5.75 Å². The van der Waals surface area contributed by atoms with Crippen molar-refractivity contribution in [3.05, 3.63) is 59.2 Å². The van der Waals surface area contributed by atoms with Crippen molar-refractivity contribution in [1.29, 1.82) is 0 Å². The molecule has 2 aromatic carbocycles. The number of amides is 2. The SMILES string of the molecule is CCOc1ccc(C(=O)NC(C(=O)Nc2cc(C(=O)O)ccc2C)C(C)C)cc1. The molecule has 2 rings (SSSR count). The fraction of sp³-hybridized carbons (Fsp3) is 0.318. The molecule has 29 heavy (non-hydrogen) atoms. The van der Waals surface area contributed by atoms with E-state index >= 15 is 0 Å². The van der Waals surface area contributed by atoms with Crippen molar-refractivity contribution >= 4 is 23.5 Å². The monoisotopic (exact) mass is 398 g/mol. The molecule has 0 aliphatic heterocycles. The summed E-state index contributed by atoms with van der Waals surface area (Å²) in [4.78, 5) is 36.6. The molecule has 0 heterocycles. The maximum atomic E-state index is 12.8. The molecule has 0 spiro atoms. The molecule has 0 fully saturated rings. The van der Waals surface area contributed by atoms with Gasteiger partial charge in [-0.3, -0.25) is 9.59 Å². The fourth-order valence-electron chi connectivity index (χ4n) is 2.73. The van der Waals surface area contributed by atoms with Gasteiger partial charge in [-0.05, 0) is 61.7 Å². The summed E-state index contributed by atoms with van der Waals surface area (Å²) in [6, 6.07) is 10.4. The minimum Gasteiger partial charge on any atom is -0.494 e. The van der Waals surface area contributed by atoms with Gasteiger partial charge in [0.05, 0.1) is 12.2 Å². The Morgan fingerprint density at radius 3 is 2.21 bits per heavy atom. The molecule has 0 saturated carbocycles. The highest BCUT2D eigenvalue weighted by Gasteiger charge is 2.25. The lowest BCUT2D eigenvalue weighted by Crippen LogP contribution is -2.47. The molecule has 7 heteroatoms. The summed E-state index contributed by atoms with van der Waals surface area (Å²) >= 11 is 0. The van der Waals surface area contributed by atoms with Gasteiger partial charge in [0.2, 0.25) is 5.91 Å². The van der Waals surface area contributed by atoms with Crippen molar-refractivity contribution in [3.63, 3.8) is 0 Å². The van der Waals surface area contributed by atoms with Crippen LogP contribution in [0, 0.1) is 12.8 Å². The molecule has 2 amide bonds. The number of nitrogens with one attached hydrogen (secondary N) is 2. The molecular formula is C22H26N2O5. The number of aryl methyl sites for hydroxylation is 1. The van der Waals surface area contributed by atoms with E-state index in [0.29, 0.717) is 23.6 Å². The van der Waals surface area contributed by atoms with Crippen molar-refractivity contribution in [2.45, 2.75) is 33.7 Å². The van der Waals surface area contributed by atoms with E-state index in [-0.39, 0.29) is 17.4 Å². The van der Waals surface area contributed by atoms with Gasteiger partial charge in [-0.1, -0.05) is 19.9 Å². The van der Waals surface area contributed by atoms with Crippen molar-refractivity contribution < 1.29 is 24.2 Å². The van der Waals surface area contributed by atoms with Crippen LogP contribution >= 0.6 is 0 Å². The molecule has 0 bridgehead atoms. The molecule has 1 atom stereocenters. The highest BCUT2D eigenvalue weighted by molar-refractivity contribution is 6.02. The summed E-state index contributed by atoms with van der Waals surface area (Å²) in [7, 11) is 0. The largest absolute Gasteiger partial charge is 0.494 e. The standard InChI is InChI=1S/C22H26N2O5/c1-5-29-17-10-8-15(9-11-17)20(25)24-19(13(2)3)21(26)23-18-12-16(22(27)28)7-6-14(18)4/h6-13,19H,5H2,1-4H3,(H,23,26)(H,24,25)(H,27,28). The van der Waals surface area contributed by atoms with Gasteiger partial charge < -0.3 is 20.5 Å². The third kappa shape index (κ3) is 5.81. The number of anilines is 1. The average Bonchev–Trinajstić information content (AvgIpc) is 2.67. The lowest BCUT2D eigenvalue weighted by Gasteiger charge is -2.22. The molecule has 2 aromatic rings. The summed E-state index contributed by atoms with van der Waals surface area (Å²) in [5, 5.41) is 14.6. The van der Waals surface area contributed by atoms with E-state index in [1.54, 1.807) is 37.3 Å². The van der Waals surface area contributed by atoms with E-state index in [4.69, 9.17) is 9.84 Å². The summed E-state index contributed by atoms with van der Waals surface area (Å²) in [5.74, 6) is -1.38. The lowest BCUT2D eigenvalue weighted by atomic mass is 10.0. The number of aromatic carboxylic acids is 1. The number of hydrogen-bond donors (Lipinski definition) is 3. The Labute approximate surface area is 170 Å². The second-order valence-corrected chi connectivity index (χ2v) is 6.98. The molecule has 154 valence electrons. The predicted octanol–water partition coefficient (Wildman–Crippen LogP) is 3.49. The Morgan fingerprint density at radius 2 is 1.66 bits per heavy atom. The number of carbonyl (C=O) groups is 3. The molecule has 0 aliphatic rings. The van der Waals surface area contributed by atoms with Crippen LogP contribution in [0.3, 0.4) is 0 Å². The van der Waals surface area contributed by atoms with Crippen LogP contribution in [-0.2, 0) is 4.79 Å². The van der Waals surface area contributed by atoms with Crippen molar-refractivity contribution in [2.75, 3.05) is 11.9 Å². The van der Waals surface area contributed by atoms with E-state index in [2.05, 4.69) is 10.6 Å². The van der Waals surface area contributed by atoms with E-state index in [1.807, 2.05) is 20.8 Å². The Morgan fingerprint density at radius 1 is 1.03 bits per heavy atom. The fourth-order valence-corrected chi connectivity index (χ4v) is 2.73. The number of ether oxygens (including phenoxy) is 1. The van der Waals surface area contributed by atoms with Crippen LogP contribution < -0.4 is 15.4 Å². The zero-order chi connectivity index (χ0) is 21.6. The summed E-state index contributed by atoms with van der Waals surface area (Å²) in [5.41, 5.74) is 1.61.